The third kappa shape index (κ3) is 2.54. The summed E-state index contributed by atoms with van der Waals surface area (Å²) in [6.07, 6.45) is 4.94. The van der Waals surface area contributed by atoms with E-state index in [0.717, 1.165) is 6.54 Å². The van der Waals surface area contributed by atoms with Gasteiger partial charge in [-0.25, -0.2) is 0 Å². The van der Waals surface area contributed by atoms with Crippen LogP contribution in [-0.4, -0.2) is 16.7 Å². The van der Waals surface area contributed by atoms with Crippen LogP contribution in [0.25, 0.3) is 0 Å². The molecule has 1 aliphatic rings. The first-order valence-electron chi connectivity index (χ1n) is 7.14. The largest absolute Gasteiger partial charge is 0.407 e. The Bertz CT molecular complexity index is 546. The van der Waals surface area contributed by atoms with Gasteiger partial charge in [0, 0.05) is 12.0 Å². The molecule has 0 bridgehead atoms. The summed E-state index contributed by atoms with van der Waals surface area (Å²) in [5, 5.41) is 11.1. The van der Waals surface area contributed by atoms with Gasteiger partial charge in [0.05, 0.1) is 6.54 Å². The van der Waals surface area contributed by atoms with Gasteiger partial charge in [0.15, 0.2) is 0 Å². The minimum atomic E-state index is 0.179. The van der Waals surface area contributed by atoms with Gasteiger partial charge in [-0.15, -0.1) is 5.10 Å². The molecule has 20 heavy (non-hydrogen) atoms. The van der Waals surface area contributed by atoms with Gasteiger partial charge < -0.3 is 15.5 Å². The zero-order valence-electron chi connectivity index (χ0n) is 11.5. The Hall–Kier alpha value is -1.88. The molecule has 1 saturated carbocycles. The van der Waals surface area contributed by atoms with E-state index in [1.807, 2.05) is 0 Å². The minimum Gasteiger partial charge on any atom is -0.407 e. The van der Waals surface area contributed by atoms with Gasteiger partial charge in [-0.3, -0.25) is 0 Å². The van der Waals surface area contributed by atoms with Crippen LogP contribution < -0.4 is 11.1 Å². The molecule has 1 fully saturated rings. The van der Waals surface area contributed by atoms with Gasteiger partial charge >= 0.3 is 6.01 Å². The van der Waals surface area contributed by atoms with E-state index in [0.29, 0.717) is 11.9 Å². The van der Waals surface area contributed by atoms with Crippen molar-refractivity contribution in [1.29, 1.82) is 0 Å². The molecule has 0 atom stereocenters. The number of aromatic nitrogens is 2. The van der Waals surface area contributed by atoms with E-state index in [4.69, 9.17) is 10.2 Å². The van der Waals surface area contributed by atoms with E-state index in [2.05, 4.69) is 45.8 Å². The number of hydrogen-bond acceptors (Lipinski definition) is 5. The standard InChI is InChI=1S/C15H20N4O/c16-10-13-18-19-14(20-13)17-11-15(8-4-5-9-15)12-6-2-1-3-7-12/h1-3,6-7H,4-5,8-11,16H2,(H,17,19). The van der Waals surface area contributed by atoms with Crippen LogP contribution in [0.4, 0.5) is 6.01 Å². The molecule has 1 heterocycles. The number of nitrogens with one attached hydrogen (secondary N) is 1. The highest BCUT2D eigenvalue weighted by Crippen LogP contribution is 2.41. The van der Waals surface area contributed by atoms with Gasteiger partial charge in [-0.05, 0) is 18.4 Å². The first-order chi connectivity index (χ1) is 9.82. The first kappa shape index (κ1) is 13.1. The fraction of sp³-hybridized carbons (Fsp3) is 0.467. The molecule has 106 valence electrons. The van der Waals surface area contributed by atoms with Crippen LogP contribution in [0.3, 0.4) is 0 Å². The predicted molar refractivity (Wildman–Crippen MR) is 77.3 cm³/mol. The molecule has 1 aromatic heterocycles. The van der Waals surface area contributed by atoms with Crippen molar-refractivity contribution in [3.05, 3.63) is 41.8 Å². The summed E-state index contributed by atoms with van der Waals surface area (Å²) in [4.78, 5) is 0. The second-order valence-corrected chi connectivity index (χ2v) is 5.41. The monoisotopic (exact) mass is 272 g/mol. The average molecular weight is 272 g/mol. The van der Waals surface area contributed by atoms with Crippen LogP contribution >= 0.6 is 0 Å². The van der Waals surface area contributed by atoms with Crippen molar-refractivity contribution >= 4 is 6.01 Å². The topological polar surface area (TPSA) is 77.0 Å². The van der Waals surface area contributed by atoms with E-state index in [1.165, 1.54) is 31.2 Å². The zero-order valence-corrected chi connectivity index (χ0v) is 11.5. The Morgan fingerprint density at radius 1 is 1.15 bits per heavy atom. The van der Waals surface area contributed by atoms with Crippen molar-refractivity contribution in [1.82, 2.24) is 10.2 Å². The molecule has 5 heteroatoms. The molecule has 0 amide bonds. The number of rotatable bonds is 5. The molecule has 0 saturated heterocycles. The van der Waals surface area contributed by atoms with Gasteiger partial charge in [0.2, 0.25) is 5.89 Å². The summed E-state index contributed by atoms with van der Waals surface area (Å²) in [6, 6.07) is 11.2. The molecule has 0 unspecified atom stereocenters. The van der Waals surface area contributed by atoms with Gasteiger partial charge in [-0.1, -0.05) is 48.3 Å². The first-order valence-corrected chi connectivity index (χ1v) is 7.14. The molecular formula is C15H20N4O. The third-order valence-electron chi connectivity index (χ3n) is 4.17. The minimum absolute atomic E-state index is 0.179. The number of nitrogens with two attached hydrogens (primary N) is 1. The summed E-state index contributed by atoms with van der Waals surface area (Å²) >= 11 is 0. The van der Waals surface area contributed by atoms with Crippen LogP contribution in [-0.2, 0) is 12.0 Å². The van der Waals surface area contributed by atoms with Crippen LogP contribution in [0.15, 0.2) is 34.7 Å². The lowest BCUT2D eigenvalue weighted by atomic mass is 9.79. The zero-order chi connectivity index (χ0) is 13.8. The fourth-order valence-corrected chi connectivity index (χ4v) is 3.06. The summed E-state index contributed by atoms with van der Waals surface area (Å²) < 4.78 is 5.42. The Morgan fingerprint density at radius 3 is 2.55 bits per heavy atom. The van der Waals surface area contributed by atoms with Crippen molar-refractivity contribution in [3.63, 3.8) is 0 Å². The van der Waals surface area contributed by atoms with Crippen molar-refractivity contribution in [2.75, 3.05) is 11.9 Å². The molecule has 0 radical (unpaired) electrons. The van der Waals surface area contributed by atoms with Crippen LogP contribution in [0.5, 0.6) is 0 Å². The Labute approximate surface area is 118 Å². The summed E-state index contributed by atoms with van der Waals surface area (Å²) in [5.41, 5.74) is 7.05. The van der Waals surface area contributed by atoms with Gasteiger partial charge in [0.25, 0.3) is 0 Å². The Morgan fingerprint density at radius 2 is 1.90 bits per heavy atom. The highest BCUT2D eigenvalue weighted by atomic mass is 16.4. The normalized spacial score (nSPS) is 17.2. The van der Waals surface area contributed by atoms with E-state index in [9.17, 15) is 0 Å². The summed E-state index contributed by atoms with van der Waals surface area (Å²) in [6.45, 7) is 1.10. The highest BCUT2D eigenvalue weighted by molar-refractivity contribution is 5.31. The number of hydrogen-bond donors (Lipinski definition) is 2. The second-order valence-electron chi connectivity index (χ2n) is 5.41. The molecule has 3 rings (SSSR count). The van der Waals surface area contributed by atoms with E-state index in [-0.39, 0.29) is 12.0 Å². The molecule has 5 nitrogen and oxygen atoms in total. The predicted octanol–water partition coefficient (Wildman–Crippen LogP) is 2.45. The quantitative estimate of drug-likeness (QED) is 0.874. The smallest absolute Gasteiger partial charge is 0.315 e. The molecule has 0 aliphatic heterocycles. The molecule has 1 aliphatic carbocycles. The molecule has 3 N–H and O–H groups in total. The number of anilines is 1. The lowest BCUT2D eigenvalue weighted by molar-refractivity contribution is 0.450. The second kappa shape index (κ2) is 5.63. The SMILES string of the molecule is NCc1nnc(NCC2(c3ccccc3)CCCC2)o1. The van der Waals surface area contributed by atoms with Crippen molar-refractivity contribution in [2.45, 2.75) is 37.6 Å². The summed E-state index contributed by atoms with van der Waals surface area (Å²) in [7, 11) is 0. The maximum absolute atomic E-state index is 5.47. The van der Waals surface area contributed by atoms with E-state index >= 15 is 0 Å². The fourth-order valence-electron chi connectivity index (χ4n) is 3.06. The van der Waals surface area contributed by atoms with Crippen molar-refractivity contribution in [2.24, 2.45) is 5.73 Å². The maximum atomic E-state index is 5.47. The lowest BCUT2D eigenvalue weighted by Crippen LogP contribution is -2.31. The van der Waals surface area contributed by atoms with Gasteiger partial charge in [0.1, 0.15) is 0 Å². The summed E-state index contributed by atoms with van der Waals surface area (Å²) in [5.74, 6) is 0.465. The average Bonchev–Trinajstić information content (AvgIpc) is 3.16. The van der Waals surface area contributed by atoms with Crippen molar-refractivity contribution in [3.8, 4) is 0 Å². The van der Waals surface area contributed by atoms with Crippen LogP contribution in [0.2, 0.25) is 0 Å². The third-order valence-corrected chi connectivity index (χ3v) is 4.17. The number of benzene rings is 1. The van der Waals surface area contributed by atoms with E-state index < -0.39 is 0 Å². The van der Waals surface area contributed by atoms with Crippen LogP contribution in [0, 0.1) is 0 Å². The van der Waals surface area contributed by atoms with Crippen LogP contribution in [0.1, 0.15) is 37.1 Å². The van der Waals surface area contributed by atoms with Crippen molar-refractivity contribution < 1.29 is 4.42 Å². The molecular weight excluding hydrogens is 252 g/mol. The Kier molecular flexibility index (Phi) is 3.69. The van der Waals surface area contributed by atoms with E-state index in [1.54, 1.807) is 0 Å². The maximum Gasteiger partial charge on any atom is 0.315 e. The molecule has 0 spiro atoms. The van der Waals surface area contributed by atoms with Gasteiger partial charge in [-0.2, -0.15) is 0 Å². The molecule has 1 aromatic carbocycles. The molecule has 2 aromatic rings. The number of nitrogens with zero attached hydrogens (tertiary/aromatic N) is 2. The highest BCUT2D eigenvalue weighted by Gasteiger charge is 2.35. The Balaban J connectivity index is 1.75. The lowest BCUT2D eigenvalue weighted by Gasteiger charge is -2.29.